The molecule has 0 amide bonds. The van der Waals surface area contributed by atoms with Crippen LogP contribution in [-0.2, 0) is 0 Å². The fraction of sp³-hybridized carbons (Fsp3) is 0. The lowest BCUT2D eigenvalue weighted by molar-refractivity contribution is 0.447. The molecular weight excluding hydrogens is 302 g/mol. The lowest BCUT2D eigenvalue weighted by Gasteiger charge is -1.98. The molecule has 1 heterocycles. The van der Waals surface area contributed by atoms with E-state index in [0.717, 1.165) is 4.47 Å². The highest BCUT2D eigenvalue weighted by Gasteiger charge is 2.05. The highest BCUT2D eigenvalue weighted by molar-refractivity contribution is 9.10. The normalized spacial score (nSPS) is 10.9. The second kappa shape index (κ2) is 5.01. The predicted octanol–water partition coefficient (Wildman–Crippen LogP) is 1.28. The lowest BCUT2D eigenvalue weighted by Crippen LogP contribution is -2.24. The first-order chi connectivity index (χ1) is 8.58. The maximum absolute atomic E-state index is 11.4. The van der Waals surface area contributed by atoms with Gasteiger partial charge in [-0.05, 0) is 28.1 Å². The summed E-state index contributed by atoms with van der Waals surface area (Å²) >= 11 is 3.30. The van der Waals surface area contributed by atoms with Crippen LogP contribution in [-0.4, -0.2) is 21.3 Å². The van der Waals surface area contributed by atoms with Crippen LogP contribution >= 0.6 is 15.9 Å². The van der Waals surface area contributed by atoms with Gasteiger partial charge in [0.15, 0.2) is 0 Å². The molecule has 0 aliphatic rings. The molecule has 3 N–H and O–H groups in total. The number of hydrogen-bond acceptors (Lipinski definition) is 4. The molecule has 0 radical (unpaired) electrons. The Bertz CT molecular complexity index is 718. The number of nitrogens with one attached hydrogen (secondary N) is 2. The smallest absolute Gasteiger partial charge is 0.328 e. The summed E-state index contributed by atoms with van der Waals surface area (Å²) in [5.41, 5.74) is -0.976. The number of halogens is 1. The molecule has 0 aliphatic carbocycles. The Hall–Kier alpha value is -2.15. The molecule has 18 heavy (non-hydrogen) atoms. The minimum absolute atomic E-state index is 0.106. The van der Waals surface area contributed by atoms with Crippen LogP contribution in [0, 0.1) is 0 Å². The number of rotatable bonds is 2. The van der Waals surface area contributed by atoms with Crippen molar-refractivity contribution in [3.8, 4) is 5.88 Å². The topological polar surface area (TPSA) is 98.3 Å². The fourth-order valence-electron chi connectivity index (χ4n) is 1.29. The number of nitrogens with zero attached hydrogens (tertiary/aromatic N) is 1. The first-order valence-electron chi connectivity index (χ1n) is 4.92. The highest BCUT2D eigenvalue weighted by Crippen LogP contribution is 2.24. The van der Waals surface area contributed by atoms with E-state index in [0.29, 0.717) is 5.69 Å². The van der Waals surface area contributed by atoms with E-state index in [1.54, 1.807) is 18.2 Å². The van der Waals surface area contributed by atoms with Crippen LogP contribution in [0.25, 0.3) is 0 Å². The van der Waals surface area contributed by atoms with Gasteiger partial charge in [0.2, 0.25) is 5.88 Å². The largest absolute Gasteiger partial charge is 0.494 e. The first-order valence-corrected chi connectivity index (χ1v) is 5.71. The van der Waals surface area contributed by atoms with Crippen molar-refractivity contribution in [3.05, 3.63) is 55.1 Å². The van der Waals surface area contributed by atoms with Gasteiger partial charge < -0.3 is 5.11 Å². The minimum Gasteiger partial charge on any atom is -0.494 e. The van der Waals surface area contributed by atoms with Crippen LogP contribution in [0.1, 0.15) is 5.56 Å². The van der Waals surface area contributed by atoms with E-state index in [1.807, 2.05) is 11.1 Å². The summed E-state index contributed by atoms with van der Waals surface area (Å²) < 4.78 is 0.751. The van der Waals surface area contributed by atoms with Gasteiger partial charge in [0.1, 0.15) is 5.56 Å². The van der Waals surface area contributed by atoms with Crippen molar-refractivity contribution in [1.82, 2.24) is 9.97 Å². The molecule has 0 saturated heterocycles. The Morgan fingerprint density at radius 1 is 1.22 bits per heavy atom. The number of benzene rings is 1. The van der Waals surface area contributed by atoms with Gasteiger partial charge in [-0.3, -0.25) is 19.8 Å². The summed E-state index contributed by atoms with van der Waals surface area (Å²) in [6.07, 6.45) is 1.18. The van der Waals surface area contributed by atoms with E-state index in [1.165, 1.54) is 6.21 Å². The molecule has 7 heteroatoms. The molecule has 1 aromatic carbocycles. The zero-order chi connectivity index (χ0) is 13.1. The van der Waals surface area contributed by atoms with Crippen LogP contribution in [0.2, 0.25) is 0 Å². The first kappa shape index (κ1) is 12.3. The number of aromatic nitrogens is 2. The maximum Gasteiger partial charge on any atom is 0.328 e. The number of hydrogen-bond donors (Lipinski definition) is 3. The number of para-hydroxylation sites is 1. The minimum atomic E-state index is -0.768. The van der Waals surface area contributed by atoms with Gasteiger partial charge in [-0.25, -0.2) is 4.79 Å². The Kier molecular flexibility index (Phi) is 3.42. The molecule has 0 atom stereocenters. The monoisotopic (exact) mass is 309 g/mol. The Morgan fingerprint density at radius 3 is 2.61 bits per heavy atom. The number of aliphatic imine (C=N–C) groups is 1. The second-order valence-electron chi connectivity index (χ2n) is 3.38. The van der Waals surface area contributed by atoms with Crippen molar-refractivity contribution in [1.29, 1.82) is 0 Å². The zero-order valence-corrected chi connectivity index (χ0v) is 10.6. The SMILES string of the molecule is O=c1[nH]c(O)c(C=Nc2ccccc2Br)c(=O)[nH]1. The van der Waals surface area contributed by atoms with Crippen molar-refractivity contribution >= 4 is 27.8 Å². The Balaban J connectivity index is 2.45. The van der Waals surface area contributed by atoms with Gasteiger partial charge in [-0.2, -0.15) is 0 Å². The second-order valence-corrected chi connectivity index (χ2v) is 4.23. The fourth-order valence-corrected chi connectivity index (χ4v) is 1.68. The average molecular weight is 310 g/mol. The molecular formula is C11H8BrN3O3. The molecule has 2 rings (SSSR count). The summed E-state index contributed by atoms with van der Waals surface area (Å²) in [4.78, 5) is 30.4. The third-order valence-corrected chi connectivity index (χ3v) is 2.81. The average Bonchev–Trinajstić information content (AvgIpc) is 2.30. The van der Waals surface area contributed by atoms with Crippen molar-refractivity contribution in [3.63, 3.8) is 0 Å². The van der Waals surface area contributed by atoms with Crippen LogP contribution < -0.4 is 11.2 Å². The number of aromatic hydroxyl groups is 1. The van der Waals surface area contributed by atoms with E-state index in [2.05, 4.69) is 25.9 Å². The van der Waals surface area contributed by atoms with E-state index in [9.17, 15) is 14.7 Å². The predicted molar refractivity (Wildman–Crippen MR) is 70.7 cm³/mol. The molecule has 92 valence electrons. The molecule has 0 unspecified atom stereocenters. The molecule has 0 bridgehead atoms. The van der Waals surface area contributed by atoms with Crippen molar-refractivity contribution in [2.45, 2.75) is 0 Å². The Morgan fingerprint density at radius 2 is 1.94 bits per heavy atom. The van der Waals surface area contributed by atoms with E-state index < -0.39 is 17.1 Å². The van der Waals surface area contributed by atoms with E-state index in [4.69, 9.17) is 0 Å². The van der Waals surface area contributed by atoms with E-state index >= 15 is 0 Å². The summed E-state index contributed by atoms with van der Waals surface area (Å²) in [6.45, 7) is 0. The number of aromatic amines is 2. The molecule has 6 nitrogen and oxygen atoms in total. The van der Waals surface area contributed by atoms with Gasteiger partial charge in [0.25, 0.3) is 5.56 Å². The van der Waals surface area contributed by atoms with Crippen molar-refractivity contribution < 1.29 is 5.11 Å². The van der Waals surface area contributed by atoms with Gasteiger partial charge >= 0.3 is 5.69 Å². The van der Waals surface area contributed by atoms with Crippen molar-refractivity contribution in [2.24, 2.45) is 4.99 Å². The van der Waals surface area contributed by atoms with Crippen LogP contribution in [0.15, 0.2) is 43.3 Å². The summed E-state index contributed by atoms with van der Waals surface area (Å²) in [5, 5.41) is 9.44. The summed E-state index contributed by atoms with van der Waals surface area (Å²) in [6, 6.07) is 7.14. The van der Waals surface area contributed by atoms with Crippen molar-refractivity contribution in [2.75, 3.05) is 0 Å². The summed E-state index contributed by atoms with van der Waals surface area (Å²) in [7, 11) is 0. The maximum atomic E-state index is 11.4. The van der Waals surface area contributed by atoms with Gasteiger partial charge in [-0.15, -0.1) is 0 Å². The number of H-pyrrole nitrogens is 2. The zero-order valence-electron chi connectivity index (χ0n) is 8.98. The van der Waals surface area contributed by atoms with Crippen LogP contribution in [0.3, 0.4) is 0 Å². The van der Waals surface area contributed by atoms with Crippen LogP contribution in [0.4, 0.5) is 5.69 Å². The van der Waals surface area contributed by atoms with Gasteiger partial charge in [0.05, 0.1) is 5.69 Å². The molecule has 0 saturated carbocycles. The molecule has 1 aromatic heterocycles. The molecule has 0 fully saturated rings. The molecule has 0 aliphatic heterocycles. The van der Waals surface area contributed by atoms with E-state index in [-0.39, 0.29) is 5.56 Å². The summed E-state index contributed by atoms with van der Waals surface area (Å²) in [5.74, 6) is -0.514. The van der Waals surface area contributed by atoms with Crippen LogP contribution in [0.5, 0.6) is 5.88 Å². The highest BCUT2D eigenvalue weighted by atomic mass is 79.9. The van der Waals surface area contributed by atoms with Gasteiger partial charge in [0, 0.05) is 10.7 Å². The Labute approximate surface area is 109 Å². The third kappa shape index (κ3) is 2.57. The lowest BCUT2D eigenvalue weighted by atomic mass is 10.3. The molecule has 2 aromatic rings. The third-order valence-electron chi connectivity index (χ3n) is 2.14. The quantitative estimate of drug-likeness (QED) is 0.729. The standard InChI is InChI=1S/C11H8BrN3O3/c12-7-3-1-2-4-8(7)13-5-6-9(16)14-11(18)15-10(6)17/h1-5H,(H3,14,15,16,17,18). The van der Waals surface area contributed by atoms with Gasteiger partial charge in [-0.1, -0.05) is 12.1 Å². The molecule has 0 spiro atoms.